The van der Waals surface area contributed by atoms with E-state index in [1.165, 1.54) is 11.2 Å². The maximum Gasteiger partial charge on any atom is 0.401 e. The van der Waals surface area contributed by atoms with Crippen molar-refractivity contribution in [2.24, 2.45) is 0 Å². The van der Waals surface area contributed by atoms with Crippen LogP contribution < -0.4 is 5.32 Å². The number of furan rings is 1. The molecule has 1 N–H and O–H groups in total. The summed E-state index contributed by atoms with van der Waals surface area (Å²) in [5.74, 6) is 0.591. The van der Waals surface area contributed by atoms with Crippen LogP contribution in [0.5, 0.6) is 0 Å². The van der Waals surface area contributed by atoms with Gasteiger partial charge in [-0.1, -0.05) is 6.92 Å². The number of nitrogens with zero attached hydrogens (tertiary/aromatic N) is 1. The molecular weight excluding hydrogens is 269 g/mol. The molecule has 0 saturated heterocycles. The Labute approximate surface area is 118 Å². The van der Waals surface area contributed by atoms with Gasteiger partial charge in [-0.3, -0.25) is 4.90 Å². The van der Waals surface area contributed by atoms with E-state index in [1.54, 1.807) is 13.0 Å². The van der Waals surface area contributed by atoms with Crippen molar-refractivity contribution in [1.82, 2.24) is 10.2 Å². The van der Waals surface area contributed by atoms with Crippen LogP contribution in [0.4, 0.5) is 13.2 Å². The number of alkyl halides is 3. The summed E-state index contributed by atoms with van der Waals surface area (Å²) < 4.78 is 42.7. The number of halogens is 3. The van der Waals surface area contributed by atoms with E-state index in [0.717, 1.165) is 5.56 Å². The molecule has 0 fully saturated rings. The Balaban J connectivity index is 2.65. The molecule has 1 aromatic rings. The van der Waals surface area contributed by atoms with Gasteiger partial charge < -0.3 is 9.73 Å². The van der Waals surface area contributed by atoms with Crippen molar-refractivity contribution in [3.8, 4) is 0 Å². The third kappa shape index (κ3) is 6.43. The van der Waals surface area contributed by atoms with E-state index in [4.69, 9.17) is 4.42 Å². The predicted octanol–water partition coefficient (Wildman–Crippen LogP) is 3.55. The summed E-state index contributed by atoms with van der Waals surface area (Å²) >= 11 is 0. The number of rotatable bonds is 6. The molecule has 0 unspecified atom stereocenters. The summed E-state index contributed by atoms with van der Waals surface area (Å²) in [6.45, 7) is 7.98. The van der Waals surface area contributed by atoms with Gasteiger partial charge in [-0.05, 0) is 33.4 Å². The summed E-state index contributed by atoms with van der Waals surface area (Å²) in [7, 11) is 0. The van der Waals surface area contributed by atoms with Gasteiger partial charge in [-0.2, -0.15) is 13.2 Å². The molecule has 3 nitrogen and oxygen atoms in total. The van der Waals surface area contributed by atoms with Crippen molar-refractivity contribution in [3.63, 3.8) is 0 Å². The van der Waals surface area contributed by atoms with Gasteiger partial charge in [0.25, 0.3) is 0 Å². The fourth-order valence-electron chi connectivity index (χ4n) is 1.76. The molecule has 0 aromatic carbocycles. The van der Waals surface area contributed by atoms with E-state index in [2.05, 4.69) is 5.32 Å². The normalized spacial score (nSPS) is 13.2. The molecule has 0 spiro atoms. The lowest BCUT2D eigenvalue weighted by atomic mass is 10.1. The van der Waals surface area contributed by atoms with Crippen LogP contribution in [0.25, 0.3) is 0 Å². The molecule has 0 bridgehead atoms. The molecule has 0 aliphatic rings. The lowest BCUT2D eigenvalue weighted by Gasteiger charge is -2.23. The fourth-order valence-corrected chi connectivity index (χ4v) is 1.76. The van der Waals surface area contributed by atoms with Gasteiger partial charge in [-0.25, -0.2) is 0 Å². The zero-order valence-corrected chi connectivity index (χ0v) is 12.5. The van der Waals surface area contributed by atoms with Gasteiger partial charge in [0, 0.05) is 17.6 Å². The van der Waals surface area contributed by atoms with Crippen molar-refractivity contribution in [1.29, 1.82) is 0 Å². The van der Waals surface area contributed by atoms with E-state index in [1.807, 2.05) is 20.8 Å². The van der Waals surface area contributed by atoms with Gasteiger partial charge in [0.1, 0.15) is 5.76 Å². The van der Waals surface area contributed by atoms with Gasteiger partial charge in [-0.15, -0.1) is 0 Å². The smallest absolute Gasteiger partial charge is 0.401 e. The zero-order chi connectivity index (χ0) is 15.4. The largest absolute Gasteiger partial charge is 0.468 e. The minimum atomic E-state index is -4.19. The lowest BCUT2D eigenvalue weighted by Crippen LogP contribution is -2.36. The third-order valence-corrected chi connectivity index (χ3v) is 2.86. The Morgan fingerprint density at radius 1 is 1.25 bits per heavy atom. The monoisotopic (exact) mass is 292 g/mol. The highest BCUT2D eigenvalue weighted by atomic mass is 19.4. The highest BCUT2D eigenvalue weighted by Gasteiger charge is 2.30. The highest BCUT2D eigenvalue weighted by Crippen LogP contribution is 2.20. The molecular formula is C14H23F3N2O. The molecule has 6 heteroatoms. The molecule has 0 aliphatic heterocycles. The molecule has 0 amide bonds. The number of hydrogen-bond donors (Lipinski definition) is 1. The average Bonchev–Trinajstić information content (AvgIpc) is 2.70. The summed E-state index contributed by atoms with van der Waals surface area (Å²) in [6, 6.07) is 1.80. The zero-order valence-electron chi connectivity index (χ0n) is 12.5. The molecule has 1 aromatic heterocycles. The first-order chi connectivity index (χ1) is 9.11. The van der Waals surface area contributed by atoms with Crippen LogP contribution in [-0.4, -0.2) is 29.7 Å². The van der Waals surface area contributed by atoms with E-state index in [0.29, 0.717) is 18.8 Å². The van der Waals surface area contributed by atoms with Gasteiger partial charge in [0.2, 0.25) is 0 Å². The minimum Gasteiger partial charge on any atom is -0.468 e. The van der Waals surface area contributed by atoms with Crippen LogP contribution in [0.1, 0.15) is 39.0 Å². The Morgan fingerprint density at radius 2 is 1.90 bits per heavy atom. The van der Waals surface area contributed by atoms with Crippen molar-refractivity contribution >= 4 is 0 Å². The molecule has 1 rings (SSSR count). The van der Waals surface area contributed by atoms with Crippen molar-refractivity contribution in [2.45, 2.75) is 52.5 Å². The van der Waals surface area contributed by atoms with Gasteiger partial charge in [0.05, 0.1) is 19.4 Å². The molecule has 0 radical (unpaired) electrons. The highest BCUT2D eigenvalue weighted by molar-refractivity contribution is 5.17. The van der Waals surface area contributed by atoms with Crippen molar-refractivity contribution in [3.05, 3.63) is 23.7 Å². The van der Waals surface area contributed by atoms with E-state index in [-0.39, 0.29) is 12.1 Å². The third-order valence-electron chi connectivity index (χ3n) is 2.86. The second-order valence-corrected chi connectivity index (χ2v) is 5.89. The summed E-state index contributed by atoms with van der Waals surface area (Å²) in [6.07, 6.45) is -2.66. The Hall–Kier alpha value is -1.01. The summed E-state index contributed by atoms with van der Waals surface area (Å²) in [5.41, 5.74) is 0.853. The molecule has 1 heterocycles. The maximum absolute atomic E-state index is 12.4. The maximum atomic E-state index is 12.4. The second-order valence-electron chi connectivity index (χ2n) is 5.89. The van der Waals surface area contributed by atoms with Gasteiger partial charge in [0.15, 0.2) is 0 Å². The fraction of sp³-hybridized carbons (Fsp3) is 0.714. The first-order valence-corrected chi connectivity index (χ1v) is 6.70. The topological polar surface area (TPSA) is 28.4 Å². The number of nitrogens with one attached hydrogen (secondary N) is 1. The summed E-state index contributed by atoms with van der Waals surface area (Å²) in [4.78, 5) is 1.32. The van der Waals surface area contributed by atoms with Crippen LogP contribution in [0.3, 0.4) is 0 Å². The molecule has 20 heavy (non-hydrogen) atoms. The first-order valence-electron chi connectivity index (χ1n) is 6.70. The molecule has 0 aliphatic carbocycles. The molecule has 0 saturated carbocycles. The molecule has 0 atom stereocenters. The van der Waals surface area contributed by atoms with Gasteiger partial charge >= 0.3 is 6.18 Å². The Bertz CT molecular complexity index is 407. The SMILES string of the molecule is CCN(Cc1occc1CNC(C)(C)C)CC(F)(F)F. The Kier molecular flexibility index (Phi) is 5.65. The lowest BCUT2D eigenvalue weighted by molar-refractivity contribution is -0.147. The average molecular weight is 292 g/mol. The predicted molar refractivity (Wildman–Crippen MR) is 72.3 cm³/mol. The van der Waals surface area contributed by atoms with Crippen LogP contribution in [-0.2, 0) is 13.1 Å². The summed E-state index contributed by atoms with van der Waals surface area (Å²) in [5, 5.41) is 3.30. The van der Waals surface area contributed by atoms with Crippen molar-refractivity contribution in [2.75, 3.05) is 13.1 Å². The van der Waals surface area contributed by atoms with Crippen LogP contribution in [0.15, 0.2) is 16.7 Å². The van der Waals surface area contributed by atoms with E-state index < -0.39 is 12.7 Å². The first kappa shape index (κ1) is 17.0. The number of hydrogen-bond acceptors (Lipinski definition) is 3. The second kappa shape index (κ2) is 6.63. The van der Waals surface area contributed by atoms with Crippen LogP contribution in [0, 0.1) is 0 Å². The quantitative estimate of drug-likeness (QED) is 0.869. The Morgan fingerprint density at radius 3 is 2.40 bits per heavy atom. The van der Waals surface area contributed by atoms with Crippen LogP contribution >= 0.6 is 0 Å². The van der Waals surface area contributed by atoms with Crippen molar-refractivity contribution < 1.29 is 17.6 Å². The minimum absolute atomic E-state index is 0.0506. The molecule has 116 valence electrons. The van der Waals surface area contributed by atoms with Crippen LogP contribution in [0.2, 0.25) is 0 Å². The van der Waals surface area contributed by atoms with E-state index in [9.17, 15) is 13.2 Å². The van der Waals surface area contributed by atoms with E-state index >= 15 is 0 Å². The standard InChI is InChI=1S/C14H23F3N2O/c1-5-19(10-14(15,16)17)9-12-11(6-7-20-12)8-18-13(2,3)4/h6-7,18H,5,8-10H2,1-4H3.